The molecular formula is C10H9FN2O. The Labute approximate surface area is 80.2 Å². The van der Waals surface area contributed by atoms with Crippen LogP contribution >= 0.6 is 0 Å². The standard InChI is InChI=1S/C10H9FN2O/c11-3-6-13-5-2-9-8(7-14)1-4-12-10(9)13/h1-2,4-5,7H,3,6H2. The Morgan fingerprint density at radius 1 is 1.50 bits per heavy atom. The summed E-state index contributed by atoms with van der Waals surface area (Å²) in [6.45, 7) is -0.157. The predicted molar refractivity (Wildman–Crippen MR) is 51.1 cm³/mol. The van der Waals surface area contributed by atoms with Crippen molar-refractivity contribution in [1.29, 1.82) is 0 Å². The summed E-state index contributed by atoms with van der Waals surface area (Å²) in [6, 6.07) is 3.43. The van der Waals surface area contributed by atoms with Crippen LogP contribution in [-0.2, 0) is 6.54 Å². The average molecular weight is 192 g/mol. The first-order valence-electron chi connectivity index (χ1n) is 4.32. The number of nitrogens with zero attached hydrogens (tertiary/aromatic N) is 2. The predicted octanol–water partition coefficient (Wildman–Crippen LogP) is 1.82. The maximum atomic E-state index is 12.1. The van der Waals surface area contributed by atoms with Crippen molar-refractivity contribution in [2.75, 3.05) is 6.67 Å². The largest absolute Gasteiger partial charge is 0.330 e. The molecule has 0 saturated heterocycles. The minimum absolute atomic E-state index is 0.277. The molecule has 0 saturated carbocycles. The normalized spacial score (nSPS) is 10.6. The Kier molecular flexibility index (Phi) is 2.26. The van der Waals surface area contributed by atoms with E-state index in [2.05, 4.69) is 4.98 Å². The fraction of sp³-hybridized carbons (Fsp3) is 0.200. The van der Waals surface area contributed by atoms with Crippen LogP contribution in [0.25, 0.3) is 11.0 Å². The Hall–Kier alpha value is -1.71. The number of alkyl halides is 1. The van der Waals surface area contributed by atoms with Crippen LogP contribution in [0.5, 0.6) is 0 Å². The van der Waals surface area contributed by atoms with Crippen LogP contribution in [0.15, 0.2) is 24.5 Å². The van der Waals surface area contributed by atoms with E-state index in [4.69, 9.17) is 0 Å². The van der Waals surface area contributed by atoms with Crippen LogP contribution in [0.4, 0.5) is 4.39 Å². The summed E-state index contributed by atoms with van der Waals surface area (Å²) < 4.78 is 13.8. The SMILES string of the molecule is O=Cc1ccnc2c1ccn2CCF. The van der Waals surface area contributed by atoms with E-state index in [9.17, 15) is 9.18 Å². The van der Waals surface area contributed by atoms with E-state index in [0.717, 1.165) is 11.7 Å². The number of pyridine rings is 1. The summed E-state index contributed by atoms with van der Waals surface area (Å²) in [5.74, 6) is 0. The molecule has 4 heteroatoms. The van der Waals surface area contributed by atoms with Gasteiger partial charge in [-0.15, -0.1) is 0 Å². The second-order valence-electron chi connectivity index (χ2n) is 2.95. The van der Waals surface area contributed by atoms with E-state index >= 15 is 0 Å². The van der Waals surface area contributed by atoms with Gasteiger partial charge in [0.2, 0.25) is 0 Å². The minimum Gasteiger partial charge on any atom is -0.330 e. The molecule has 2 aromatic rings. The van der Waals surface area contributed by atoms with Crippen molar-refractivity contribution in [1.82, 2.24) is 9.55 Å². The quantitative estimate of drug-likeness (QED) is 0.695. The molecule has 3 nitrogen and oxygen atoms in total. The van der Waals surface area contributed by atoms with Crippen LogP contribution in [0, 0.1) is 0 Å². The highest BCUT2D eigenvalue weighted by atomic mass is 19.1. The molecule has 2 aromatic heterocycles. The molecule has 14 heavy (non-hydrogen) atoms. The molecule has 0 radical (unpaired) electrons. The Morgan fingerprint density at radius 2 is 2.36 bits per heavy atom. The molecule has 2 heterocycles. The highest BCUT2D eigenvalue weighted by Crippen LogP contribution is 2.16. The third-order valence-electron chi connectivity index (χ3n) is 2.15. The summed E-state index contributed by atoms with van der Waals surface area (Å²) in [5.41, 5.74) is 1.25. The van der Waals surface area contributed by atoms with Gasteiger partial charge in [0.1, 0.15) is 12.3 Å². The lowest BCUT2D eigenvalue weighted by Gasteiger charge is -2.00. The number of aldehydes is 1. The first-order valence-corrected chi connectivity index (χ1v) is 4.32. The van der Waals surface area contributed by atoms with Crippen LogP contribution in [0.1, 0.15) is 10.4 Å². The lowest BCUT2D eigenvalue weighted by atomic mass is 10.2. The van der Waals surface area contributed by atoms with Crippen LogP contribution in [-0.4, -0.2) is 22.5 Å². The van der Waals surface area contributed by atoms with Crippen LogP contribution < -0.4 is 0 Å². The first kappa shape index (κ1) is 8.87. The summed E-state index contributed by atoms with van der Waals surface area (Å²) in [6.07, 6.45) is 4.08. The molecule has 0 aliphatic heterocycles. The van der Waals surface area contributed by atoms with Crippen molar-refractivity contribution in [2.24, 2.45) is 0 Å². The number of carbonyl (C=O) groups is 1. The fourth-order valence-corrected chi connectivity index (χ4v) is 1.49. The van der Waals surface area contributed by atoms with Crippen molar-refractivity contribution >= 4 is 17.3 Å². The lowest BCUT2D eigenvalue weighted by molar-refractivity contribution is 0.112. The maximum Gasteiger partial charge on any atom is 0.150 e. The first-order chi connectivity index (χ1) is 6.86. The average Bonchev–Trinajstić information content (AvgIpc) is 2.62. The molecule has 0 aliphatic carbocycles. The van der Waals surface area contributed by atoms with Gasteiger partial charge >= 0.3 is 0 Å². The van der Waals surface area contributed by atoms with E-state index in [-0.39, 0.29) is 6.54 Å². The molecule has 0 bridgehead atoms. The van der Waals surface area contributed by atoms with Crippen molar-refractivity contribution in [2.45, 2.75) is 6.54 Å². The Balaban J connectivity index is 2.63. The monoisotopic (exact) mass is 192 g/mol. The van der Waals surface area contributed by atoms with Gasteiger partial charge in [-0.1, -0.05) is 0 Å². The van der Waals surface area contributed by atoms with E-state index in [0.29, 0.717) is 11.2 Å². The van der Waals surface area contributed by atoms with Crippen LogP contribution in [0.2, 0.25) is 0 Å². The number of fused-ring (bicyclic) bond motifs is 1. The van der Waals surface area contributed by atoms with Gasteiger partial charge in [-0.2, -0.15) is 0 Å². The molecule has 0 unspecified atom stereocenters. The van der Waals surface area contributed by atoms with Crippen molar-refractivity contribution in [3.8, 4) is 0 Å². The highest BCUT2D eigenvalue weighted by molar-refractivity contribution is 5.95. The zero-order valence-corrected chi connectivity index (χ0v) is 7.48. The molecule has 0 atom stereocenters. The molecule has 0 amide bonds. The van der Waals surface area contributed by atoms with Crippen molar-refractivity contribution in [3.63, 3.8) is 0 Å². The number of halogens is 1. The summed E-state index contributed by atoms with van der Waals surface area (Å²) >= 11 is 0. The maximum absolute atomic E-state index is 12.1. The number of rotatable bonds is 3. The topological polar surface area (TPSA) is 34.9 Å². The molecule has 0 spiro atoms. The summed E-state index contributed by atoms with van der Waals surface area (Å²) in [7, 11) is 0. The molecule has 0 fully saturated rings. The molecule has 2 rings (SSSR count). The zero-order chi connectivity index (χ0) is 9.97. The van der Waals surface area contributed by atoms with E-state index < -0.39 is 6.67 Å². The van der Waals surface area contributed by atoms with Crippen LogP contribution in [0.3, 0.4) is 0 Å². The molecular weight excluding hydrogens is 183 g/mol. The number of aromatic nitrogens is 2. The van der Waals surface area contributed by atoms with Crippen molar-refractivity contribution in [3.05, 3.63) is 30.1 Å². The van der Waals surface area contributed by atoms with Gasteiger partial charge in [-0.25, -0.2) is 9.37 Å². The smallest absolute Gasteiger partial charge is 0.150 e. The number of hydrogen-bond acceptors (Lipinski definition) is 2. The van der Waals surface area contributed by atoms with Gasteiger partial charge in [0, 0.05) is 23.3 Å². The van der Waals surface area contributed by atoms with Gasteiger partial charge in [0.25, 0.3) is 0 Å². The van der Waals surface area contributed by atoms with Gasteiger partial charge in [-0.3, -0.25) is 4.79 Å². The Bertz CT molecular complexity index is 464. The highest BCUT2D eigenvalue weighted by Gasteiger charge is 2.05. The fourth-order valence-electron chi connectivity index (χ4n) is 1.49. The number of aryl methyl sites for hydroxylation is 1. The van der Waals surface area contributed by atoms with E-state index in [1.165, 1.54) is 0 Å². The molecule has 0 N–H and O–H groups in total. The minimum atomic E-state index is -0.434. The third-order valence-corrected chi connectivity index (χ3v) is 2.15. The number of hydrogen-bond donors (Lipinski definition) is 0. The second kappa shape index (κ2) is 3.57. The van der Waals surface area contributed by atoms with Gasteiger partial charge in [0.05, 0.1) is 6.54 Å². The van der Waals surface area contributed by atoms with E-state index in [1.807, 2.05) is 0 Å². The number of carbonyl (C=O) groups excluding carboxylic acids is 1. The zero-order valence-electron chi connectivity index (χ0n) is 7.48. The van der Waals surface area contributed by atoms with Crippen molar-refractivity contribution < 1.29 is 9.18 Å². The molecule has 72 valence electrons. The third kappa shape index (κ3) is 1.28. The Morgan fingerprint density at radius 3 is 3.07 bits per heavy atom. The lowest BCUT2D eigenvalue weighted by Crippen LogP contribution is -1.98. The molecule has 0 aromatic carbocycles. The van der Waals surface area contributed by atoms with Gasteiger partial charge in [0.15, 0.2) is 6.29 Å². The second-order valence-corrected chi connectivity index (χ2v) is 2.95. The van der Waals surface area contributed by atoms with E-state index in [1.54, 1.807) is 29.1 Å². The van der Waals surface area contributed by atoms with Gasteiger partial charge < -0.3 is 4.57 Å². The summed E-state index contributed by atoms with van der Waals surface area (Å²) in [5, 5.41) is 0.774. The summed E-state index contributed by atoms with van der Waals surface area (Å²) in [4.78, 5) is 14.8. The molecule has 0 aliphatic rings. The van der Waals surface area contributed by atoms with Gasteiger partial charge in [-0.05, 0) is 12.1 Å².